The van der Waals surface area contributed by atoms with E-state index in [-0.39, 0.29) is 5.75 Å². The summed E-state index contributed by atoms with van der Waals surface area (Å²) in [7, 11) is 0. The Kier molecular flexibility index (Phi) is 4.95. The lowest BCUT2D eigenvalue weighted by Gasteiger charge is -2.04. The van der Waals surface area contributed by atoms with E-state index in [2.05, 4.69) is 26.2 Å². The third-order valence-electron chi connectivity index (χ3n) is 3.40. The number of aromatic hydroxyl groups is 1. The fourth-order valence-corrected chi connectivity index (χ4v) is 2.60. The number of phenolic OH excluding ortho intramolecular Hbond substituents is 1. The molecule has 0 fully saturated rings. The van der Waals surface area contributed by atoms with Crippen LogP contribution in [-0.2, 0) is 4.79 Å². The van der Waals surface area contributed by atoms with Gasteiger partial charge in [0.1, 0.15) is 11.4 Å². The number of aliphatic carboxylic acids is 1. The van der Waals surface area contributed by atoms with Crippen LogP contribution in [0.3, 0.4) is 0 Å². The highest BCUT2D eigenvalue weighted by Crippen LogP contribution is 2.36. The van der Waals surface area contributed by atoms with Gasteiger partial charge >= 0.3 is 5.97 Å². The third-order valence-corrected chi connectivity index (χ3v) is 3.90. The van der Waals surface area contributed by atoms with Gasteiger partial charge in [0, 0.05) is 9.86 Å². The Labute approximate surface area is 151 Å². The molecule has 7 heteroatoms. The fraction of sp³-hybridized carbons (Fsp3) is 0.0556. The van der Waals surface area contributed by atoms with Crippen molar-refractivity contribution in [1.82, 2.24) is 0 Å². The summed E-state index contributed by atoms with van der Waals surface area (Å²) in [5.74, 6) is -0.543. The minimum absolute atomic E-state index is 0.0650. The summed E-state index contributed by atoms with van der Waals surface area (Å²) in [5, 5.41) is 28.7. The normalized spacial score (nSPS) is 11.1. The fourth-order valence-electron chi connectivity index (χ4n) is 2.22. The van der Waals surface area contributed by atoms with Crippen LogP contribution in [0.25, 0.3) is 10.8 Å². The van der Waals surface area contributed by atoms with Crippen molar-refractivity contribution in [2.24, 2.45) is 10.2 Å². The van der Waals surface area contributed by atoms with Crippen LogP contribution < -0.4 is 4.74 Å². The summed E-state index contributed by atoms with van der Waals surface area (Å²) < 4.78 is 5.98. The van der Waals surface area contributed by atoms with Crippen molar-refractivity contribution in [2.45, 2.75) is 0 Å². The van der Waals surface area contributed by atoms with E-state index in [1.54, 1.807) is 30.3 Å². The number of rotatable bonds is 5. The van der Waals surface area contributed by atoms with Crippen LogP contribution in [0.1, 0.15) is 0 Å². The summed E-state index contributed by atoms with van der Waals surface area (Å²) in [6, 6.07) is 15.6. The number of benzene rings is 3. The van der Waals surface area contributed by atoms with Crippen LogP contribution in [0, 0.1) is 0 Å². The second kappa shape index (κ2) is 7.31. The van der Waals surface area contributed by atoms with E-state index in [0.29, 0.717) is 22.5 Å². The van der Waals surface area contributed by atoms with Gasteiger partial charge in [0.05, 0.1) is 5.69 Å². The summed E-state index contributed by atoms with van der Waals surface area (Å²) in [5.41, 5.74) is 0.916. The SMILES string of the molecule is O=C(O)COc1ccc(N=Nc2ccc3cc(Br)ccc3c2O)cc1. The molecule has 6 nitrogen and oxygen atoms in total. The van der Waals surface area contributed by atoms with E-state index < -0.39 is 12.6 Å². The van der Waals surface area contributed by atoms with Crippen molar-refractivity contribution in [2.75, 3.05) is 6.61 Å². The standard InChI is InChI=1S/C18H13BrN2O4/c19-12-2-7-15-11(9-12)1-8-16(18(15)24)21-20-13-3-5-14(6-4-13)25-10-17(22)23/h1-9,24H,10H2,(H,22,23). The maximum Gasteiger partial charge on any atom is 0.341 e. The zero-order chi connectivity index (χ0) is 17.8. The van der Waals surface area contributed by atoms with Gasteiger partial charge in [-0.2, -0.15) is 5.11 Å². The molecule has 0 bridgehead atoms. The van der Waals surface area contributed by atoms with Crippen LogP contribution in [0.2, 0.25) is 0 Å². The summed E-state index contributed by atoms with van der Waals surface area (Å²) in [6.07, 6.45) is 0. The number of halogens is 1. The largest absolute Gasteiger partial charge is 0.505 e. The van der Waals surface area contributed by atoms with Crippen LogP contribution >= 0.6 is 15.9 Å². The van der Waals surface area contributed by atoms with Gasteiger partial charge in [-0.25, -0.2) is 4.79 Å². The smallest absolute Gasteiger partial charge is 0.341 e. The summed E-state index contributed by atoms with van der Waals surface area (Å²) in [6.45, 7) is -0.401. The first-order valence-electron chi connectivity index (χ1n) is 7.30. The minimum Gasteiger partial charge on any atom is -0.505 e. The lowest BCUT2D eigenvalue weighted by atomic mass is 10.1. The number of azo groups is 1. The lowest BCUT2D eigenvalue weighted by molar-refractivity contribution is -0.139. The zero-order valence-electron chi connectivity index (χ0n) is 12.9. The van der Waals surface area contributed by atoms with Gasteiger partial charge in [0.15, 0.2) is 12.4 Å². The molecule has 0 saturated carbocycles. The average molecular weight is 401 g/mol. The molecule has 126 valence electrons. The number of ether oxygens (including phenoxy) is 1. The van der Waals surface area contributed by atoms with E-state index in [1.165, 1.54) is 0 Å². The first-order valence-corrected chi connectivity index (χ1v) is 8.10. The highest BCUT2D eigenvalue weighted by atomic mass is 79.9. The van der Waals surface area contributed by atoms with Gasteiger partial charge in [-0.05, 0) is 53.9 Å². The molecule has 0 radical (unpaired) electrons. The van der Waals surface area contributed by atoms with Crippen molar-refractivity contribution < 1.29 is 19.7 Å². The van der Waals surface area contributed by atoms with Gasteiger partial charge in [0.2, 0.25) is 0 Å². The number of carboxylic acid groups (broad SMARTS) is 1. The monoisotopic (exact) mass is 400 g/mol. The maximum absolute atomic E-state index is 10.5. The van der Waals surface area contributed by atoms with Gasteiger partial charge in [-0.3, -0.25) is 0 Å². The zero-order valence-corrected chi connectivity index (χ0v) is 14.5. The molecule has 0 aliphatic heterocycles. The molecule has 0 aliphatic rings. The predicted octanol–water partition coefficient (Wildman–Crippen LogP) is 5.19. The Morgan fingerprint density at radius 3 is 2.52 bits per heavy atom. The summed E-state index contributed by atoms with van der Waals surface area (Å²) in [4.78, 5) is 10.5. The molecule has 3 rings (SSSR count). The molecule has 2 N–H and O–H groups in total. The third kappa shape index (κ3) is 4.13. The Bertz CT molecular complexity index is 955. The van der Waals surface area contributed by atoms with Gasteiger partial charge in [0.25, 0.3) is 0 Å². The van der Waals surface area contributed by atoms with Gasteiger partial charge in [-0.15, -0.1) is 5.11 Å². The first-order chi connectivity index (χ1) is 12.0. The molecular formula is C18H13BrN2O4. The molecule has 3 aromatic rings. The van der Waals surface area contributed by atoms with Crippen LogP contribution in [0.15, 0.2) is 69.3 Å². The summed E-state index contributed by atoms with van der Waals surface area (Å²) >= 11 is 3.40. The molecule has 0 unspecified atom stereocenters. The number of nitrogens with zero attached hydrogens (tertiary/aromatic N) is 2. The quantitative estimate of drug-likeness (QED) is 0.576. The highest BCUT2D eigenvalue weighted by Gasteiger charge is 2.06. The molecular weight excluding hydrogens is 388 g/mol. The predicted molar refractivity (Wildman–Crippen MR) is 97.1 cm³/mol. The van der Waals surface area contributed by atoms with E-state index in [9.17, 15) is 9.90 Å². The van der Waals surface area contributed by atoms with E-state index in [1.807, 2.05) is 24.3 Å². The molecule has 0 amide bonds. The Balaban J connectivity index is 1.79. The van der Waals surface area contributed by atoms with E-state index in [0.717, 1.165) is 9.86 Å². The molecule has 25 heavy (non-hydrogen) atoms. The molecule has 0 aromatic heterocycles. The molecule has 0 atom stereocenters. The number of hydrogen-bond acceptors (Lipinski definition) is 5. The van der Waals surface area contributed by atoms with Crippen molar-refractivity contribution in [3.63, 3.8) is 0 Å². The van der Waals surface area contributed by atoms with Crippen LogP contribution in [0.5, 0.6) is 11.5 Å². The molecule has 3 aromatic carbocycles. The Hall–Kier alpha value is -2.93. The van der Waals surface area contributed by atoms with Crippen LogP contribution in [-0.4, -0.2) is 22.8 Å². The number of hydrogen-bond donors (Lipinski definition) is 2. The molecule has 0 aliphatic carbocycles. The van der Waals surface area contributed by atoms with Crippen molar-refractivity contribution in [3.8, 4) is 11.5 Å². The molecule has 0 spiro atoms. The number of carboxylic acids is 1. The number of fused-ring (bicyclic) bond motifs is 1. The lowest BCUT2D eigenvalue weighted by Crippen LogP contribution is -2.09. The Morgan fingerprint density at radius 1 is 1.04 bits per heavy atom. The topological polar surface area (TPSA) is 91.5 Å². The second-order valence-electron chi connectivity index (χ2n) is 5.18. The van der Waals surface area contributed by atoms with E-state index >= 15 is 0 Å². The molecule has 0 heterocycles. The average Bonchev–Trinajstić information content (AvgIpc) is 2.60. The van der Waals surface area contributed by atoms with Crippen molar-refractivity contribution in [3.05, 3.63) is 59.1 Å². The minimum atomic E-state index is -1.04. The molecule has 0 saturated heterocycles. The Morgan fingerprint density at radius 2 is 1.80 bits per heavy atom. The van der Waals surface area contributed by atoms with Crippen molar-refractivity contribution >= 4 is 44.0 Å². The van der Waals surface area contributed by atoms with E-state index in [4.69, 9.17) is 9.84 Å². The van der Waals surface area contributed by atoms with Gasteiger partial charge < -0.3 is 14.9 Å². The maximum atomic E-state index is 10.5. The van der Waals surface area contributed by atoms with Crippen LogP contribution in [0.4, 0.5) is 11.4 Å². The second-order valence-corrected chi connectivity index (χ2v) is 6.09. The number of carbonyl (C=O) groups is 1. The van der Waals surface area contributed by atoms with Crippen molar-refractivity contribution in [1.29, 1.82) is 0 Å². The first kappa shape index (κ1) is 16.9. The number of phenols is 1. The van der Waals surface area contributed by atoms with Gasteiger partial charge in [-0.1, -0.05) is 22.0 Å². The highest BCUT2D eigenvalue weighted by molar-refractivity contribution is 9.10.